The Morgan fingerprint density at radius 3 is 2.47 bits per heavy atom. The molecule has 2 rings (SSSR count). The van der Waals surface area contributed by atoms with Gasteiger partial charge in [0.1, 0.15) is 6.33 Å². The summed E-state index contributed by atoms with van der Waals surface area (Å²) in [5, 5.41) is 17.1. The molecule has 0 unspecified atom stereocenters. The zero-order chi connectivity index (χ0) is 12.6. The monoisotopic (exact) mass is 231 g/mol. The molecule has 1 N–H and O–H groups in total. The van der Waals surface area contributed by atoms with Gasteiger partial charge in [-0.05, 0) is 25.0 Å². The van der Waals surface area contributed by atoms with E-state index in [9.17, 15) is 9.90 Å². The maximum atomic E-state index is 11.3. The van der Waals surface area contributed by atoms with Gasteiger partial charge in [-0.15, -0.1) is 10.2 Å². The van der Waals surface area contributed by atoms with Gasteiger partial charge in [0, 0.05) is 12.6 Å². The fourth-order valence-corrected chi connectivity index (χ4v) is 1.88. The first kappa shape index (κ1) is 11.3. The van der Waals surface area contributed by atoms with Gasteiger partial charge in [-0.2, -0.15) is 0 Å². The molecule has 88 valence electrons. The first-order valence-electron chi connectivity index (χ1n) is 5.20. The molecule has 0 spiro atoms. The molecule has 0 atom stereocenters. The number of carboxylic acids is 1. The molecule has 5 heteroatoms. The number of aromatic carboxylic acids is 1. The van der Waals surface area contributed by atoms with E-state index in [1.807, 2.05) is 13.0 Å². The molecule has 17 heavy (non-hydrogen) atoms. The SMILES string of the molecule is Cc1ccc(C)c(-c2nncn2C)c1C(=O)O. The number of aryl methyl sites for hydroxylation is 3. The molecule has 1 aromatic carbocycles. The van der Waals surface area contributed by atoms with Gasteiger partial charge in [-0.3, -0.25) is 0 Å². The van der Waals surface area contributed by atoms with Gasteiger partial charge < -0.3 is 9.67 Å². The lowest BCUT2D eigenvalue weighted by Crippen LogP contribution is -2.07. The van der Waals surface area contributed by atoms with Gasteiger partial charge in [0.05, 0.1) is 5.56 Å². The van der Waals surface area contributed by atoms with Crippen LogP contribution in [0.1, 0.15) is 21.5 Å². The van der Waals surface area contributed by atoms with E-state index in [1.54, 1.807) is 30.9 Å². The predicted molar refractivity (Wildman–Crippen MR) is 62.9 cm³/mol. The summed E-state index contributed by atoms with van der Waals surface area (Å²) in [7, 11) is 1.79. The summed E-state index contributed by atoms with van der Waals surface area (Å²) < 4.78 is 1.72. The molecule has 5 nitrogen and oxygen atoms in total. The number of aromatic nitrogens is 3. The average Bonchev–Trinajstić information content (AvgIpc) is 2.67. The van der Waals surface area contributed by atoms with E-state index in [1.165, 1.54) is 0 Å². The number of benzene rings is 1. The van der Waals surface area contributed by atoms with E-state index in [4.69, 9.17) is 0 Å². The second-order valence-electron chi connectivity index (χ2n) is 4.02. The second kappa shape index (κ2) is 4.01. The molecule has 0 aliphatic heterocycles. The summed E-state index contributed by atoms with van der Waals surface area (Å²) in [4.78, 5) is 11.3. The van der Waals surface area contributed by atoms with Crippen LogP contribution in [0, 0.1) is 13.8 Å². The Labute approximate surface area is 98.7 Å². The molecule has 0 saturated carbocycles. The Bertz CT molecular complexity index is 587. The third kappa shape index (κ3) is 1.80. The average molecular weight is 231 g/mol. The molecule has 1 aromatic heterocycles. The van der Waals surface area contributed by atoms with E-state index < -0.39 is 5.97 Å². The van der Waals surface area contributed by atoms with Crippen molar-refractivity contribution in [3.63, 3.8) is 0 Å². The number of carbonyl (C=O) groups is 1. The standard InChI is InChI=1S/C12H13N3O2/c1-7-4-5-8(2)10(12(16)17)9(7)11-14-13-6-15(11)3/h4-6H,1-3H3,(H,16,17). The summed E-state index contributed by atoms with van der Waals surface area (Å²) >= 11 is 0. The van der Waals surface area contributed by atoms with Gasteiger partial charge in [0.2, 0.25) is 0 Å². The van der Waals surface area contributed by atoms with E-state index >= 15 is 0 Å². The first-order chi connectivity index (χ1) is 8.02. The first-order valence-corrected chi connectivity index (χ1v) is 5.20. The fraction of sp³-hybridized carbons (Fsp3) is 0.250. The third-order valence-electron chi connectivity index (χ3n) is 2.77. The van der Waals surface area contributed by atoms with Crippen molar-refractivity contribution in [2.75, 3.05) is 0 Å². The lowest BCUT2D eigenvalue weighted by atomic mass is 9.96. The van der Waals surface area contributed by atoms with Crippen LogP contribution in [-0.2, 0) is 7.05 Å². The minimum atomic E-state index is -0.941. The summed E-state index contributed by atoms with van der Waals surface area (Å²) in [6.45, 7) is 3.65. The van der Waals surface area contributed by atoms with Crippen LogP contribution in [0.25, 0.3) is 11.4 Å². The van der Waals surface area contributed by atoms with E-state index in [-0.39, 0.29) is 0 Å². The number of rotatable bonds is 2. The van der Waals surface area contributed by atoms with Gasteiger partial charge in [-0.1, -0.05) is 12.1 Å². The lowest BCUT2D eigenvalue weighted by molar-refractivity contribution is 0.0697. The largest absolute Gasteiger partial charge is 0.478 e. The normalized spacial score (nSPS) is 10.5. The smallest absolute Gasteiger partial charge is 0.336 e. The second-order valence-corrected chi connectivity index (χ2v) is 4.02. The molecule has 0 bridgehead atoms. The number of hydrogen-bond donors (Lipinski definition) is 1. The molecule has 0 aliphatic rings. The predicted octanol–water partition coefficient (Wildman–Crippen LogP) is 1.80. The van der Waals surface area contributed by atoms with Crippen LogP contribution in [0.3, 0.4) is 0 Å². The molecule has 0 radical (unpaired) electrons. The van der Waals surface area contributed by atoms with Crippen molar-refractivity contribution in [2.24, 2.45) is 7.05 Å². The van der Waals surface area contributed by atoms with Crippen LogP contribution in [0.2, 0.25) is 0 Å². The van der Waals surface area contributed by atoms with Crippen molar-refractivity contribution < 1.29 is 9.90 Å². The van der Waals surface area contributed by atoms with Crippen LogP contribution in [0.15, 0.2) is 18.5 Å². The van der Waals surface area contributed by atoms with Crippen molar-refractivity contribution in [2.45, 2.75) is 13.8 Å². The van der Waals surface area contributed by atoms with Gasteiger partial charge in [0.15, 0.2) is 5.82 Å². The lowest BCUT2D eigenvalue weighted by Gasteiger charge is -2.11. The van der Waals surface area contributed by atoms with Crippen LogP contribution in [0.4, 0.5) is 0 Å². The zero-order valence-electron chi connectivity index (χ0n) is 9.93. The van der Waals surface area contributed by atoms with Gasteiger partial charge in [0.25, 0.3) is 0 Å². The third-order valence-corrected chi connectivity index (χ3v) is 2.77. The quantitative estimate of drug-likeness (QED) is 0.855. The summed E-state index contributed by atoms with van der Waals surface area (Å²) in [6, 6.07) is 3.70. The highest BCUT2D eigenvalue weighted by atomic mass is 16.4. The molecular formula is C12H13N3O2. The molecule has 0 aliphatic carbocycles. The Balaban J connectivity index is 2.81. The Morgan fingerprint density at radius 1 is 1.29 bits per heavy atom. The Hall–Kier alpha value is -2.17. The summed E-state index contributed by atoms with van der Waals surface area (Å²) in [5.74, 6) is -0.368. The van der Waals surface area contributed by atoms with Gasteiger partial charge >= 0.3 is 5.97 Å². The topological polar surface area (TPSA) is 68.0 Å². The molecule has 1 heterocycles. The minimum Gasteiger partial charge on any atom is -0.478 e. The maximum absolute atomic E-state index is 11.3. The van der Waals surface area contributed by atoms with Crippen molar-refractivity contribution in [1.29, 1.82) is 0 Å². The highest BCUT2D eigenvalue weighted by Crippen LogP contribution is 2.27. The number of hydrogen-bond acceptors (Lipinski definition) is 3. The molecular weight excluding hydrogens is 218 g/mol. The van der Waals surface area contributed by atoms with Crippen molar-refractivity contribution in [1.82, 2.24) is 14.8 Å². The van der Waals surface area contributed by atoms with Crippen molar-refractivity contribution >= 4 is 5.97 Å². The van der Waals surface area contributed by atoms with Crippen LogP contribution in [-0.4, -0.2) is 25.8 Å². The number of nitrogens with zero attached hydrogens (tertiary/aromatic N) is 3. The van der Waals surface area contributed by atoms with E-state index in [0.717, 1.165) is 11.1 Å². The Kier molecular flexibility index (Phi) is 2.67. The highest BCUT2D eigenvalue weighted by molar-refractivity contribution is 5.97. The van der Waals surface area contributed by atoms with E-state index in [0.29, 0.717) is 17.0 Å². The van der Waals surface area contributed by atoms with E-state index in [2.05, 4.69) is 10.2 Å². The van der Waals surface area contributed by atoms with Crippen LogP contribution >= 0.6 is 0 Å². The number of carboxylic acid groups (broad SMARTS) is 1. The maximum Gasteiger partial charge on any atom is 0.336 e. The van der Waals surface area contributed by atoms with Crippen LogP contribution < -0.4 is 0 Å². The van der Waals surface area contributed by atoms with Crippen molar-refractivity contribution in [3.8, 4) is 11.4 Å². The fourth-order valence-electron chi connectivity index (χ4n) is 1.88. The summed E-state index contributed by atoms with van der Waals surface area (Å²) in [6.07, 6.45) is 1.56. The Morgan fingerprint density at radius 2 is 1.94 bits per heavy atom. The highest BCUT2D eigenvalue weighted by Gasteiger charge is 2.19. The van der Waals surface area contributed by atoms with Crippen LogP contribution in [0.5, 0.6) is 0 Å². The summed E-state index contributed by atoms with van der Waals surface area (Å²) in [5.41, 5.74) is 2.53. The molecule has 0 fully saturated rings. The van der Waals surface area contributed by atoms with Crippen molar-refractivity contribution in [3.05, 3.63) is 35.2 Å². The zero-order valence-corrected chi connectivity index (χ0v) is 9.93. The minimum absolute atomic E-state index is 0.293. The molecule has 0 saturated heterocycles. The van der Waals surface area contributed by atoms with Gasteiger partial charge in [-0.25, -0.2) is 4.79 Å². The molecule has 0 amide bonds. The molecule has 2 aromatic rings.